The summed E-state index contributed by atoms with van der Waals surface area (Å²) in [6, 6.07) is 1.86. The second kappa shape index (κ2) is 12.0. The van der Waals surface area contributed by atoms with Crippen molar-refractivity contribution in [2.45, 2.75) is 72.6 Å². The van der Waals surface area contributed by atoms with Crippen molar-refractivity contribution in [1.82, 2.24) is 10.3 Å². The molecular formula is C21H37N3O. The zero-order valence-corrected chi connectivity index (χ0v) is 16.6. The van der Waals surface area contributed by atoms with E-state index in [2.05, 4.69) is 38.0 Å². The van der Waals surface area contributed by atoms with Crippen LogP contribution in [0.4, 0.5) is 0 Å². The van der Waals surface area contributed by atoms with E-state index in [1.54, 1.807) is 6.20 Å². The molecule has 1 aromatic rings. The van der Waals surface area contributed by atoms with Crippen molar-refractivity contribution < 1.29 is 4.79 Å². The molecule has 1 atom stereocenters. The number of aryl methyl sites for hydroxylation is 2. The number of carbonyl (C=O) groups is 1. The molecule has 0 spiro atoms. The van der Waals surface area contributed by atoms with Crippen molar-refractivity contribution >= 4 is 5.91 Å². The summed E-state index contributed by atoms with van der Waals surface area (Å²) in [4.78, 5) is 15.2. The lowest BCUT2D eigenvalue weighted by molar-refractivity contribution is 0.1000. The lowest BCUT2D eigenvalue weighted by Gasteiger charge is -2.23. The molecule has 4 nitrogen and oxygen atoms in total. The number of aromatic nitrogens is 1. The van der Waals surface area contributed by atoms with Gasteiger partial charge in [0.15, 0.2) is 0 Å². The lowest BCUT2D eigenvalue weighted by Crippen LogP contribution is -2.29. The summed E-state index contributed by atoms with van der Waals surface area (Å²) < 4.78 is 0. The molecule has 0 bridgehead atoms. The van der Waals surface area contributed by atoms with Gasteiger partial charge in [0.1, 0.15) is 0 Å². The molecule has 0 aromatic carbocycles. The van der Waals surface area contributed by atoms with E-state index >= 15 is 0 Å². The Hall–Kier alpha value is -1.42. The fourth-order valence-electron chi connectivity index (χ4n) is 3.22. The lowest BCUT2D eigenvalue weighted by atomic mass is 9.92. The molecule has 1 aromatic heterocycles. The number of hydrogen-bond donors (Lipinski definition) is 2. The van der Waals surface area contributed by atoms with E-state index in [-0.39, 0.29) is 0 Å². The quantitative estimate of drug-likeness (QED) is 0.779. The van der Waals surface area contributed by atoms with Crippen LogP contribution >= 0.6 is 0 Å². The standard InChI is InChI=1S/C11H16N2O.C10H21N/c1-3-5-8-6-9(11(12)14)7-13-10(8)4-2;1-9(2)5-6-10-4-3-7-11-8-10/h6-7H,3-5H2,1-2H3,(H2,12,14);9-11H,3-8H2,1-2H3. The summed E-state index contributed by atoms with van der Waals surface area (Å²) in [5.74, 6) is 1.46. The first-order chi connectivity index (χ1) is 12.0. The SMILES string of the molecule is CC(C)CCC1CCCNC1.CCCc1cc(C(N)=O)cnc1CC. The first-order valence-corrected chi connectivity index (χ1v) is 9.96. The number of primary amides is 1. The van der Waals surface area contributed by atoms with Crippen LogP contribution in [-0.4, -0.2) is 24.0 Å². The van der Waals surface area contributed by atoms with Gasteiger partial charge in [-0.25, -0.2) is 0 Å². The van der Waals surface area contributed by atoms with Gasteiger partial charge in [0.2, 0.25) is 5.91 Å². The molecule has 1 aliphatic heterocycles. The van der Waals surface area contributed by atoms with Crippen LogP contribution in [0.2, 0.25) is 0 Å². The van der Waals surface area contributed by atoms with Crippen molar-refractivity contribution in [1.29, 1.82) is 0 Å². The predicted octanol–water partition coefficient (Wildman–Crippen LogP) is 4.12. The molecule has 25 heavy (non-hydrogen) atoms. The number of carbonyl (C=O) groups excluding carboxylic acids is 1. The first kappa shape index (κ1) is 21.6. The topological polar surface area (TPSA) is 68.0 Å². The van der Waals surface area contributed by atoms with E-state index in [4.69, 9.17) is 5.73 Å². The van der Waals surface area contributed by atoms with Gasteiger partial charge >= 0.3 is 0 Å². The zero-order valence-electron chi connectivity index (χ0n) is 16.6. The van der Waals surface area contributed by atoms with Crippen LogP contribution in [0.1, 0.15) is 81.4 Å². The molecule has 3 N–H and O–H groups in total. The van der Waals surface area contributed by atoms with Gasteiger partial charge in [-0.15, -0.1) is 0 Å². The monoisotopic (exact) mass is 347 g/mol. The Labute approximate surface area is 154 Å². The van der Waals surface area contributed by atoms with Crippen molar-refractivity contribution in [3.63, 3.8) is 0 Å². The third-order valence-electron chi connectivity index (χ3n) is 4.75. The molecular weight excluding hydrogens is 310 g/mol. The highest BCUT2D eigenvalue weighted by Gasteiger charge is 2.12. The molecule has 0 saturated carbocycles. The highest BCUT2D eigenvalue weighted by molar-refractivity contribution is 5.92. The number of amides is 1. The summed E-state index contributed by atoms with van der Waals surface area (Å²) in [5.41, 5.74) is 7.91. The maximum absolute atomic E-state index is 10.9. The van der Waals surface area contributed by atoms with Gasteiger partial charge < -0.3 is 11.1 Å². The molecule has 4 heteroatoms. The number of piperidine rings is 1. The summed E-state index contributed by atoms with van der Waals surface area (Å²) in [6.07, 6.45) is 10.2. The summed E-state index contributed by atoms with van der Waals surface area (Å²) in [6.45, 7) is 11.3. The molecule has 2 rings (SSSR count). The molecule has 1 fully saturated rings. The zero-order chi connectivity index (χ0) is 18.7. The highest BCUT2D eigenvalue weighted by atomic mass is 16.1. The summed E-state index contributed by atoms with van der Waals surface area (Å²) in [7, 11) is 0. The molecule has 1 unspecified atom stereocenters. The number of nitrogens with two attached hydrogens (primary N) is 1. The Morgan fingerprint density at radius 2 is 2.16 bits per heavy atom. The fourth-order valence-corrected chi connectivity index (χ4v) is 3.22. The smallest absolute Gasteiger partial charge is 0.250 e. The molecule has 0 radical (unpaired) electrons. The van der Waals surface area contributed by atoms with Gasteiger partial charge in [-0.05, 0) is 68.7 Å². The number of hydrogen-bond acceptors (Lipinski definition) is 3. The Morgan fingerprint density at radius 1 is 1.40 bits per heavy atom. The van der Waals surface area contributed by atoms with Crippen LogP contribution in [0.25, 0.3) is 0 Å². The molecule has 1 amide bonds. The molecule has 1 aliphatic rings. The molecule has 0 aliphatic carbocycles. The number of pyridine rings is 1. The summed E-state index contributed by atoms with van der Waals surface area (Å²) >= 11 is 0. The normalized spacial score (nSPS) is 17.1. The van der Waals surface area contributed by atoms with E-state index in [0.29, 0.717) is 5.56 Å². The van der Waals surface area contributed by atoms with Crippen LogP contribution in [0.5, 0.6) is 0 Å². The molecule has 142 valence electrons. The third-order valence-corrected chi connectivity index (χ3v) is 4.75. The highest BCUT2D eigenvalue weighted by Crippen LogP contribution is 2.18. The second-order valence-electron chi connectivity index (χ2n) is 7.48. The van der Waals surface area contributed by atoms with Gasteiger partial charge in [0.05, 0.1) is 5.56 Å². The van der Waals surface area contributed by atoms with Crippen LogP contribution in [0.15, 0.2) is 12.3 Å². The van der Waals surface area contributed by atoms with Crippen molar-refractivity contribution in [2.75, 3.05) is 13.1 Å². The van der Waals surface area contributed by atoms with Crippen LogP contribution < -0.4 is 11.1 Å². The minimum Gasteiger partial charge on any atom is -0.366 e. The average molecular weight is 348 g/mol. The van der Waals surface area contributed by atoms with E-state index in [1.807, 2.05) is 6.07 Å². The minimum atomic E-state index is -0.405. The Kier molecular flexibility index (Phi) is 10.4. The number of rotatable bonds is 7. The maximum Gasteiger partial charge on any atom is 0.250 e. The second-order valence-corrected chi connectivity index (χ2v) is 7.48. The maximum atomic E-state index is 10.9. The molecule has 1 saturated heterocycles. The van der Waals surface area contributed by atoms with Gasteiger partial charge in [-0.3, -0.25) is 9.78 Å². The summed E-state index contributed by atoms with van der Waals surface area (Å²) in [5, 5.41) is 3.46. The van der Waals surface area contributed by atoms with Gasteiger partial charge in [0.25, 0.3) is 0 Å². The minimum absolute atomic E-state index is 0.405. The van der Waals surface area contributed by atoms with E-state index in [9.17, 15) is 4.79 Å². The van der Waals surface area contributed by atoms with Crippen molar-refractivity contribution in [2.24, 2.45) is 17.6 Å². The predicted molar refractivity (Wildman–Crippen MR) is 106 cm³/mol. The largest absolute Gasteiger partial charge is 0.366 e. The Bertz CT molecular complexity index is 508. The van der Waals surface area contributed by atoms with Crippen molar-refractivity contribution in [3.8, 4) is 0 Å². The number of nitrogens with zero attached hydrogens (tertiary/aromatic N) is 1. The van der Waals surface area contributed by atoms with Crippen LogP contribution in [0, 0.1) is 11.8 Å². The molecule has 2 heterocycles. The fraction of sp³-hybridized carbons (Fsp3) is 0.714. The van der Waals surface area contributed by atoms with Crippen LogP contribution in [-0.2, 0) is 12.8 Å². The van der Waals surface area contributed by atoms with Gasteiger partial charge in [-0.1, -0.05) is 40.5 Å². The first-order valence-electron chi connectivity index (χ1n) is 9.96. The third kappa shape index (κ3) is 8.48. The number of nitrogens with one attached hydrogen (secondary N) is 1. The van der Waals surface area contributed by atoms with E-state index < -0.39 is 5.91 Å². The Balaban J connectivity index is 0.000000257. The van der Waals surface area contributed by atoms with Gasteiger partial charge in [-0.2, -0.15) is 0 Å². The van der Waals surface area contributed by atoms with E-state index in [1.165, 1.54) is 38.8 Å². The Morgan fingerprint density at radius 3 is 2.68 bits per heavy atom. The van der Waals surface area contributed by atoms with Gasteiger partial charge in [0, 0.05) is 11.9 Å². The van der Waals surface area contributed by atoms with E-state index in [0.717, 1.165) is 42.4 Å². The van der Waals surface area contributed by atoms with Crippen LogP contribution in [0.3, 0.4) is 0 Å². The average Bonchev–Trinajstić information content (AvgIpc) is 2.61. The van der Waals surface area contributed by atoms with Crippen molar-refractivity contribution in [3.05, 3.63) is 29.1 Å².